The average molecular weight is 445 g/mol. The molecule has 2 saturated heterocycles. The minimum Gasteiger partial charge on any atom is -0.475 e. The molecule has 0 bridgehead atoms. The predicted molar refractivity (Wildman–Crippen MR) is 95.3 cm³/mol. The van der Waals surface area contributed by atoms with Gasteiger partial charge >= 0.3 is 12.1 Å². The first kappa shape index (κ1) is 23.0. The first-order valence-corrected chi connectivity index (χ1v) is 11.0. The third kappa shape index (κ3) is 6.11. The molecule has 2 fully saturated rings. The Morgan fingerprint density at radius 1 is 1.54 bits per heavy atom. The van der Waals surface area contributed by atoms with Gasteiger partial charge in [0.1, 0.15) is 5.01 Å². The summed E-state index contributed by atoms with van der Waals surface area (Å²) < 4.78 is 63.5. The van der Waals surface area contributed by atoms with Crippen molar-refractivity contribution in [1.82, 2.24) is 14.6 Å². The summed E-state index contributed by atoms with van der Waals surface area (Å²) >= 11 is 1.66. The quantitative estimate of drug-likeness (QED) is 0.676. The van der Waals surface area contributed by atoms with Crippen LogP contribution in [-0.2, 0) is 26.1 Å². The highest BCUT2D eigenvalue weighted by atomic mass is 32.2. The van der Waals surface area contributed by atoms with Crippen LogP contribution in [0.1, 0.15) is 11.9 Å². The highest BCUT2D eigenvalue weighted by Gasteiger charge is 2.50. The van der Waals surface area contributed by atoms with Gasteiger partial charge < -0.3 is 9.84 Å². The molecule has 2 atom stereocenters. The molecule has 8 nitrogen and oxygen atoms in total. The lowest BCUT2D eigenvalue weighted by Gasteiger charge is -2.27. The Morgan fingerprint density at radius 3 is 2.75 bits per heavy atom. The lowest BCUT2D eigenvalue weighted by molar-refractivity contribution is -0.192. The molecule has 2 N–H and O–H groups in total. The van der Waals surface area contributed by atoms with E-state index in [0.717, 1.165) is 31.2 Å². The van der Waals surface area contributed by atoms with Gasteiger partial charge in [0.25, 0.3) is 0 Å². The number of likely N-dealkylation sites (tertiary alicyclic amines) is 1. The Hall–Kier alpha value is -1.28. The summed E-state index contributed by atoms with van der Waals surface area (Å²) in [6.07, 6.45) is -3.26. The fourth-order valence-corrected chi connectivity index (χ4v) is 4.56. The second-order valence-electron chi connectivity index (χ2n) is 6.70. The second-order valence-corrected chi connectivity index (χ2v) is 9.77. The summed E-state index contributed by atoms with van der Waals surface area (Å²) in [6.45, 7) is 6.15. The summed E-state index contributed by atoms with van der Waals surface area (Å²) in [7, 11) is -3.15. The van der Waals surface area contributed by atoms with Crippen molar-refractivity contribution in [3.8, 4) is 0 Å². The van der Waals surface area contributed by atoms with Gasteiger partial charge in [-0.1, -0.05) is 0 Å². The predicted octanol–water partition coefficient (Wildman–Crippen LogP) is 1.16. The van der Waals surface area contributed by atoms with Gasteiger partial charge in [-0.25, -0.2) is 22.9 Å². The Labute approximate surface area is 164 Å². The number of carboxylic acid groups (broad SMARTS) is 1. The van der Waals surface area contributed by atoms with Crippen molar-refractivity contribution in [2.24, 2.45) is 11.3 Å². The zero-order chi connectivity index (χ0) is 21.0. The SMILES string of the molecule is CCS(=O)(=O)NC[C@]12COC[C@H]1CN(Cc1nccs1)C2.O=C(O)C(F)(F)F. The number of hydrogen-bond donors (Lipinski definition) is 2. The van der Waals surface area contributed by atoms with Gasteiger partial charge in [0.15, 0.2) is 0 Å². The normalized spacial score (nSPS) is 25.2. The number of rotatable bonds is 6. The Morgan fingerprint density at radius 2 is 2.21 bits per heavy atom. The summed E-state index contributed by atoms with van der Waals surface area (Å²) in [6, 6.07) is 0. The maximum Gasteiger partial charge on any atom is 0.490 e. The summed E-state index contributed by atoms with van der Waals surface area (Å²) in [5.74, 6) is -2.23. The number of alkyl halides is 3. The van der Waals surface area contributed by atoms with Gasteiger partial charge in [-0.15, -0.1) is 11.3 Å². The van der Waals surface area contributed by atoms with E-state index in [0.29, 0.717) is 19.1 Å². The third-order valence-electron chi connectivity index (χ3n) is 4.70. The number of ether oxygens (including phenoxy) is 1. The standard InChI is InChI=1S/C13H21N3O3S2.C2HF3O2/c1-2-21(17,18)15-8-13-9-16(5-11(13)7-19-10-13)6-12-14-3-4-20-12;3-2(4,5)1(6)7/h3-4,11,15H,2,5-10H2,1H3;(H,6,7)/t11-,13+;/m1./s1. The Balaban J connectivity index is 0.000000345. The molecule has 0 amide bonds. The number of aliphatic carboxylic acids is 1. The van der Waals surface area contributed by atoms with E-state index in [4.69, 9.17) is 14.6 Å². The number of thiazole rings is 1. The van der Waals surface area contributed by atoms with Crippen LogP contribution >= 0.6 is 11.3 Å². The molecule has 3 heterocycles. The van der Waals surface area contributed by atoms with E-state index in [1.54, 1.807) is 18.3 Å². The number of nitrogens with zero attached hydrogens (tertiary/aromatic N) is 2. The minimum atomic E-state index is -5.08. The van der Waals surface area contributed by atoms with Crippen molar-refractivity contribution < 1.29 is 36.2 Å². The van der Waals surface area contributed by atoms with Crippen molar-refractivity contribution in [2.75, 3.05) is 38.6 Å². The van der Waals surface area contributed by atoms with E-state index < -0.39 is 22.2 Å². The molecule has 0 aromatic carbocycles. The van der Waals surface area contributed by atoms with Crippen LogP contribution < -0.4 is 4.72 Å². The molecule has 3 rings (SSSR count). The van der Waals surface area contributed by atoms with Crippen molar-refractivity contribution >= 4 is 27.3 Å². The van der Waals surface area contributed by atoms with Crippen LogP contribution in [0.3, 0.4) is 0 Å². The smallest absolute Gasteiger partial charge is 0.475 e. The topological polar surface area (TPSA) is 109 Å². The van der Waals surface area contributed by atoms with Crippen molar-refractivity contribution in [3.63, 3.8) is 0 Å². The molecule has 28 heavy (non-hydrogen) atoms. The number of aromatic nitrogens is 1. The highest BCUT2D eigenvalue weighted by Crippen LogP contribution is 2.41. The summed E-state index contributed by atoms with van der Waals surface area (Å²) in [5, 5.41) is 10.2. The largest absolute Gasteiger partial charge is 0.490 e. The minimum absolute atomic E-state index is 0.0838. The molecule has 0 spiro atoms. The molecular formula is C15H22F3N3O5S2. The number of carbonyl (C=O) groups is 1. The van der Waals surface area contributed by atoms with Crippen molar-refractivity contribution in [2.45, 2.75) is 19.6 Å². The molecule has 2 aliphatic rings. The zero-order valence-corrected chi connectivity index (χ0v) is 16.7. The van der Waals surface area contributed by atoms with Crippen LogP contribution in [0.5, 0.6) is 0 Å². The number of carboxylic acids is 1. The van der Waals surface area contributed by atoms with Crippen LogP contribution in [0.25, 0.3) is 0 Å². The lowest BCUT2D eigenvalue weighted by Crippen LogP contribution is -2.43. The maximum absolute atomic E-state index is 11.7. The summed E-state index contributed by atoms with van der Waals surface area (Å²) in [4.78, 5) is 15.6. The zero-order valence-electron chi connectivity index (χ0n) is 15.1. The van der Waals surface area contributed by atoms with Gasteiger partial charge in [0.2, 0.25) is 10.0 Å². The van der Waals surface area contributed by atoms with Crippen LogP contribution in [0.4, 0.5) is 13.2 Å². The number of sulfonamides is 1. The first-order valence-electron chi connectivity index (χ1n) is 8.43. The third-order valence-corrected chi connectivity index (χ3v) is 6.81. The Bertz CT molecular complexity index is 757. The van der Waals surface area contributed by atoms with Crippen LogP contribution in [0.2, 0.25) is 0 Å². The first-order chi connectivity index (χ1) is 13.0. The molecule has 13 heteroatoms. The molecule has 160 valence electrons. The van der Waals surface area contributed by atoms with Crippen molar-refractivity contribution in [3.05, 3.63) is 16.6 Å². The molecule has 1 aromatic rings. The number of nitrogens with one attached hydrogen (secondary N) is 1. The average Bonchev–Trinajstić information content (AvgIpc) is 3.29. The maximum atomic E-state index is 11.7. The van der Waals surface area contributed by atoms with E-state index in [1.807, 2.05) is 11.6 Å². The fraction of sp³-hybridized carbons (Fsp3) is 0.733. The molecule has 2 aliphatic heterocycles. The second kappa shape index (κ2) is 9.03. The summed E-state index contributed by atoms with van der Waals surface area (Å²) in [5.41, 5.74) is -0.0838. The molecular weight excluding hydrogens is 423 g/mol. The van der Waals surface area contributed by atoms with E-state index in [-0.39, 0.29) is 11.2 Å². The van der Waals surface area contributed by atoms with E-state index in [2.05, 4.69) is 14.6 Å². The number of hydrogen-bond acceptors (Lipinski definition) is 7. The molecule has 0 aliphatic carbocycles. The van der Waals surface area contributed by atoms with Gasteiger partial charge in [-0.3, -0.25) is 4.90 Å². The van der Waals surface area contributed by atoms with E-state index in [9.17, 15) is 21.6 Å². The van der Waals surface area contributed by atoms with E-state index in [1.165, 1.54) is 0 Å². The monoisotopic (exact) mass is 445 g/mol. The fourth-order valence-electron chi connectivity index (χ4n) is 3.19. The van der Waals surface area contributed by atoms with E-state index >= 15 is 0 Å². The molecule has 1 aromatic heterocycles. The Kier molecular flexibility index (Phi) is 7.42. The number of fused-ring (bicyclic) bond motifs is 1. The van der Waals surface area contributed by atoms with Crippen LogP contribution in [0.15, 0.2) is 11.6 Å². The van der Waals surface area contributed by atoms with Crippen molar-refractivity contribution in [1.29, 1.82) is 0 Å². The van der Waals surface area contributed by atoms with Crippen LogP contribution in [0, 0.1) is 11.3 Å². The van der Waals surface area contributed by atoms with Crippen LogP contribution in [-0.4, -0.2) is 74.2 Å². The highest BCUT2D eigenvalue weighted by molar-refractivity contribution is 7.89. The van der Waals surface area contributed by atoms with Gasteiger partial charge in [0.05, 0.1) is 25.5 Å². The van der Waals surface area contributed by atoms with Gasteiger partial charge in [-0.2, -0.15) is 13.2 Å². The van der Waals surface area contributed by atoms with Gasteiger partial charge in [0, 0.05) is 42.5 Å². The molecule has 0 unspecified atom stereocenters. The number of halogens is 3. The molecule has 0 saturated carbocycles. The lowest BCUT2D eigenvalue weighted by atomic mass is 9.81. The van der Waals surface area contributed by atoms with Gasteiger partial charge in [-0.05, 0) is 6.92 Å². The molecule has 0 radical (unpaired) electrons.